The minimum atomic E-state index is -0.299. The number of nitrogens with zero attached hydrogens (tertiary/aromatic N) is 2. The number of aromatic amines is 1. The molecule has 0 spiro atoms. The highest BCUT2D eigenvalue weighted by atomic mass is 19.1. The summed E-state index contributed by atoms with van der Waals surface area (Å²) in [6, 6.07) is 22.1. The average molecular weight is 413 g/mol. The summed E-state index contributed by atoms with van der Waals surface area (Å²) < 4.78 is 13.7. The third kappa shape index (κ3) is 3.36. The van der Waals surface area contributed by atoms with Crippen molar-refractivity contribution in [1.29, 1.82) is 0 Å². The summed E-state index contributed by atoms with van der Waals surface area (Å²) in [4.78, 5) is 21.1. The normalized spacial score (nSPS) is 15.7. The molecule has 0 saturated carbocycles. The molecule has 5 rings (SSSR count). The van der Waals surface area contributed by atoms with Crippen molar-refractivity contribution < 1.29 is 9.18 Å². The SMILES string of the molecule is CN(C)c1cccc(C(=O)N2CCc3c([nH]c4ccccc34)C2c2ccc(F)cc2)c1. The molecule has 31 heavy (non-hydrogen) atoms. The Morgan fingerprint density at radius 3 is 2.58 bits per heavy atom. The van der Waals surface area contributed by atoms with Crippen LogP contribution in [0.15, 0.2) is 72.8 Å². The zero-order chi connectivity index (χ0) is 21.5. The Balaban J connectivity index is 1.63. The lowest BCUT2D eigenvalue weighted by Gasteiger charge is -2.36. The van der Waals surface area contributed by atoms with Crippen molar-refractivity contribution in [2.75, 3.05) is 25.5 Å². The molecule has 1 N–H and O–H groups in total. The standard InChI is InChI=1S/C26H24FN3O/c1-29(2)20-7-5-6-18(16-20)26(31)30-15-14-22-21-8-3-4-9-23(21)28-24(22)25(30)17-10-12-19(27)13-11-17/h3-13,16,25,28H,14-15H2,1-2H3. The van der Waals surface area contributed by atoms with Gasteiger partial charge in [0.2, 0.25) is 0 Å². The molecule has 1 aromatic heterocycles. The van der Waals surface area contributed by atoms with Gasteiger partial charge in [0, 0.05) is 48.5 Å². The number of carbonyl (C=O) groups excluding carboxylic acids is 1. The number of nitrogens with one attached hydrogen (secondary N) is 1. The number of fused-ring (bicyclic) bond motifs is 3. The number of aromatic nitrogens is 1. The molecule has 4 aromatic rings. The minimum absolute atomic E-state index is 0.0256. The van der Waals surface area contributed by atoms with Crippen LogP contribution in [0.4, 0.5) is 10.1 Å². The van der Waals surface area contributed by atoms with Crippen molar-refractivity contribution in [3.63, 3.8) is 0 Å². The van der Waals surface area contributed by atoms with E-state index in [1.807, 2.05) is 60.3 Å². The number of anilines is 1. The smallest absolute Gasteiger partial charge is 0.254 e. The van der Waals surface area contributed by atoms with E-state index in [-0.39, 0.29) is 17.8 Å². The van der Waals surface area contributed by atoms with Gasteiger partial charge in [0.25, 0.3) is 5.91 Å². The molecule has 3 aromatic carbocycles. The third-order valence-corrected chi connectivity index (χ3v) is 6.09. The molecule has 1 aliphatic rings. The molecule has 0 fully saturated rings. The highest BCUT2D eigenvalue weighted by Crippen LogP contribution is 2.39. The maximum atomic E-state index is 13.7. The minimum Gasteiger partial charge on any atom is -0.378 e. The van der Waals surface area contributed by atoms with E-state index in [0.29, 0.717) is 12.1 Å². The lowest BCUT2D eigenvalue weighted by Crippen LogP contribution is -2.40. The summed E-state index contributed by atoms with van der Waals surface area (Å²) in [6.45, 7) is 0.599. The van der Waals surface area contributed by atoms with Crippen molar-refractivity contribution in [3.05, 3.63) is 101 Å². The van der Waals surface area contributed by atoms with Gasteiger partial charge in [-0.25, -0.2) is 4.39 Å². The molecule has 0 bridgehead atoms. The topological polar surface area (TPSA) is 39.3 Å². The summed E-state index contributed by atoms with van der Waals surface area (Å²) in [5.41, 5.74) is 5.83. The molecular weight excluding hydrogens is 389 g/mol. The van der Waals surface area contributed by atoms with Crippen molar-refractivity contribution in [3.8, 4) is 0 Å². The number of carbonyl (C=O) groups is 1. The molecule has 5 heteroatoms. The second-order valence-electron chi connectivity index (χ2n) is 8.21. The van der Waals surface area contributed by atoms with E-state index < -0.39 is 0 Å². The number of amides is 1. The van der Waals surface area contributed by atoms with Crippen molar-refractivity contribution in [1.82, 2.24) is 9.88 Å². The van der Waals surface area contributed by atoms with Crippen LogP contribution in [-0.2, 0) is 6.42 Å². The molecule has 1 unspecified atom stereocenters. The first-order valence-corrected chi connectivity index (χ1v) is 10.5. The zero-order valence-corrected chi connectivity index (χ0v) is 17.6. The Bertz CT molecular complexity index is 1260. The maximum absolute atomic E-state index is 13.7. The average Bonchev–Trinajstić information content (AvgIpc) is 3.17. The van der Waals surface area contributed by atoms with E-state index in [2.05, 4.69) is 17.1 Å². The van der Waals surface area contributed by atoms with E-state index >= 15 is 0 Å². The van der Waals surface area contributed by atoms with E-state index in [1.165, 1.54) is 23.1 Å². The number of hydrogen-bond donors (Lipinski definition) is 1. The number of benzene rings is 3. The fraction of sp³-hybridized carbons (Fsp3) is 0.192. The number of H-pyrrole nitrogens is 1. The van der Waals surface area contributed by atoms with E-state index in [0.717, 1.165) is 28.9 Å². The van der Waals surface area contributed by atoms with Gasteiger partial charge in [0.05, 0.1) is 6.04 Å². The first-order valence-electron chi connectivity index (χ1n) is 10.5. The molecule has 156 valence electrons. The largest absolute Gasteiger partial charge is 0.378 e. The van der Waals surface area contributed by atoms with Crippen LogP contribution in [-0.4, -0.2) is 36.4 Å². The summed E-state index contributed by atoms with van der Waals surface area (Å²) in [6.07, 6.45) is 0.774. The fourth-order valence-electron chi connectivity index (χ4n) is 4.53. The van der Waals surface area contributed by atoms with Gasteiger partial charge >= 0.3 is 0 Å². The van der Waals surface area contributed by atoms with Crippen LogP contribution < -0.4 is 4.90 Å². The van der Waals surface area contributed by atoms with Gasteiger partial charge in [0.15, 0.2) is 0 Å². The van der Waals surface area contributed by atoms with Crippen LogP contribution in [0, 0.1) is 5.82 Å². The Morgan fingerprint density at radius 2 is 1.81 bits per heavy atom. The van der Waals surface area contributed by atoms with Gasteiger partial charge < -0.3 is 14.8 Å². The monoisotopic (exact) mass is 413 g/mol. The highest BCUT2D eigenvalue weighted by molar-refractivity contribution is 5.96. The lowest BCUT2D eigenvalue weighted by atomic mass is 9.91. The molecule has 1 aliphatic heterocycles. The van der Waals surface area contributed by atoms with Crippen LogP contribution in [0.2, 0.25) is 0 Å². The molecule has 0 radical (unpaired) electrons. The van der Waals surface area contributed by atoms with Gasteiger partial charge in [0.1, 0.15) is 5.82 Å². The van der Waals surface area contributed by atoms with Gasteiger partial charge in [-0.2, -0.15) is 0 Å². The molecule has 0 saturated heterocycles. The first-order chi connectivity index (χ1) is 15.0. The van der Waals surface area contributed by atoms with Crippen LogP contribution >= 0.6 is 0 Å². The number of rotatable bonds is 3. The Kier molecular flexibility index (Phi) is 4.74. The number of halogens is 1. The molecule has 2 heterocycles. The second-order valence-corrected chi connectivity index (χ2v) is 8.21. The summed E-state index contributed by atoms with van der Waals surface area (Å²) in [7, 11) is 3.92. The van der Waals surface area contributed by atoms with E-state index in [9.17, 15) is 9.18 Å². The highest BCUT2D eigenvalue weighted by Gasteiger charge is 2.35. The quantitative estimate of drug-likeness (QED) is 0.504. The van der Waals surface area contributed by atoms with Gasteiger partial charge in [-0.3, -0.25) is 4.79 Å². The van der Waals surface area contributed by atoms with E-state index in [4.69, 9.17) is 0 Å². The first kappa shape index (κ1) is 19.4. The van der Waals surface area contributed by atoms with Gasteiger partial charge in [-0.15, -0.1) is 0 Å². The molecule has 1 amide bonds. The predicted octanol–water partition coefficient (Wildman–Crippen LogP) is 5.16. The molecule has 4 nitrogen and oxygen atoms in total. The molecule has 0 aliphatic carbocycles. The number of para-hydroxylation sites is 1. The van der Waals surface area contributed by atoms with Crippen molar-refractivity contribution in [2.24, 2.45) is 0 Å². The second kappa shape index (κ2) is 7.58. The Hall–Kier alpha value is -3.60. The predicted molar refractivity (Wildman–Crippen MR) is 122 cm³/mol. The third-order valence-electron chi connectivity index (χ3n) is 6.09. The Morgan fingerprint density at radius 1 is 1.03 bits per heavy atom. The van der Waals surface area contributed by atoms with Crippen LogP contribution in [0.3, 0.4) is 0 Å². The summed E-state index contributed by atoms with van der Waals surface area (Å²) in [5.74, 6) is -0.310. The summed E-state index contributed by atoms with van der Waals surface area (Å²) >= 11 is 0. The molecule has 1 atom stereocenters. The van der Waals surface area contributed by atoms with Crippen LogP contribution in [0.1, 0.15) is 33.2 Å². The fourth-order valence-corrected chi connectivity index (χ4v) is 4.53. The van der Waals surface area contributed by atoms with E-state index in [1.54, 1.807) is 12.1 Å². The zero-order valence-electron chi connectivity index (χ0n) is 17.6. The van der Waals surface area contributed by atoms with Crippen LogP contribution in [0.5, 0.6) is 0 Å². The van der Waals surface area contributed by atoms with Crippen molar-refractivity contribution in [2.45, 2.75) is 12.5 Å². The maximum Gasteiger partial charge on any atom is 0.254 e. The number of hydrogen-bond acceptors (Lipinski definition) is 2. The van der Waals surface area contributed by atoms with Gasteiger partial charge in [-0.05, 0) is 53.9 Å². The lowest BCUT2D eigenvalue weighted by molar-refractivity contribution is 0.0692. The van der Waals surface area contributed by atoms with Crippen molar-refractivity contribution >= 4 is 22.5 Å². The summed E-state index contributed by atoms with van der Waals surface area (Å²) in [5, 5.41) is 1.19. The van der Waals surface area contributed by atoms with Gasteiger partial charge in [-0.1, -0.05) is 36.4 Å². The molecular formula is C26H24FN3O. The van der Waals surface area contributed by atoms with Crippen LogP contribution in [0.25, 0.3) is 10.9 Å². The Labute approximate surface area is 180 Å².